The zero-order chi connectivity index (χ0) is 43.5. The lowest BCUT2D eigenvalue weighted by molar-refractivity contribution is -0.344. The van der Waals surface area contributed by atoms with Crippen LogP contribution in [-0.4, -0.2) is 151 Å². The first kappa shape index (κ1) is 49.6. The third kappa shape index (κ3) is 14.2. The molecule has 0 saturated carbocycles. The molecule has 0 aromatic carbocycles. The van der Waals surface area contributed by atoms with Gasteiger partial charge < -0.3 is 62.9 Å². The second-order valence-corrected chi connectivity index (χ2v) is 17.0. The fourth-order valence-corrected chi connectivity index (χ4v) is 8.08. The second-order valence-electron chi connectivity index (χ2n) is 17.0. The van der Waals surface area contributed by atoms with E-state index in [0.29, 0.717) is 12.7 Å². The van der Waals surface area contributed by atoms with Crippen LogP contribution in [0.1, 0.15) is 93.9 Å². The summed E-state index contributed by atoms with van der Waals surface area (Å²) in [6.07, 6.45) is -4.11. The summed E-state index contributed by atoms with van der Waals surface area (Å²) < 4.78 is 48.6. The molecule has 0 spiro atoms. The molecule has 2 fully saturated rings. The highest BCUT2D eigenvalue weighted by Crippen LogP contribution is 2.38. The van der Waals surface area contributed by atoms with Gasteiger partial charge in [0.1, 0.15) is 42.4 Å². The molecule has 58 heavy (non-hydrogen) atoms. The van der Waals surface area contributed by atoms with Gasteiger partial charge in [-0.3, -0.25) is 14.4 Å². The standard InChI is InChI=1S/C42H69NO15/c1-23(2)19-32(47)56-40-27(6)53-34(22-42(40,8)50)57-37-26(5)54-41(36(49)35(37)43(9)10)58-38-29(17-18-44)20-24(3)30(46)16-14-12-13-15-25(4)52-33(48)21-31(39(38)51-11)55-28(7)45/h12-14,16,18,23-27,29-31,34-41,46,49-50H,15,17,19-22H2,1-11H3/b13-12+,16-14-. The van der Waals surface area contributed by atoms with E-state index in [1.165, 1.54) is 14.0 Å². The molecule has 16 atom stereocenters. The summed E-state index contributed by atoms with van der Waals surface area (Å²) in [4.78, 5) is 52.3. The molecule has 3 N–H and O–H groups in total. The van der Waals surface area contributed by atoms with Crippen molar-refractivity contribution in [3.63, 3.8) is 0 Å². The number of nitrogens with zero attached hydrogens (tertiary/aromatic N) is 1. The smallest absolute Gasteiger partial charge is 0.309 e. The van der Waals surface area contributed by atoms with Gasteiger partial charge >= 0.3 is 17.9 Å². The van der Waals surface area contributed by atoms with E-state index >= 15 is 0 Å². The molecule has 332 valence electrons. The first-order chi connectivity index (χ1) is 27.2. The first-order valence-corrected chi connectivity index (χ1v) is 20.4. The van der Waals surface area contributed by atoms with Crippen LogP contribution in [0.25, 0.3) is 0 Å². The Kier molecular flexibility index (Phi) is 19.4. The maximum atomic E-state index is 13.2. The molecular formula is C42H69NO15. The molecule has 3 aliphatic heterocycles. The number of likely N-dealkylation sites (N-methyl/N-ethyl adjacent to an activating group) is 1. The molecule has 16 unspecified atom stereocenters. The van der Waals surface area contributed by atoms with Crippen LogP contribution >= 0.6 is 0 Å². The van der Waals surface area contributed by atoms with Crippen molar-refractivity contribution in [1.82, 2.24) is 4.90 Å². The van der Waals surface area contributed by atoms with Crippen LogP contribution < -0.4 is 0 Å². The Morgan fingerprint density at radius 3 is 2.29 bits per heavy atom. The largest absolute Gasteiger partial charge is 0.462 e. The number of rotatable bonds is 12. The van der Waals surface area contributed by atoms with Gasteiger partial charge in [-0.25, -0.2) is 0 Å². The highest BCUT2D eigenvalue weighted by atomic mass is 16.7. The molecule has 0 radical (unpaired) electrons. The lowest BCUT2D eigenvalue weighted by Gasteiger charge is -2.50. The molecule has 0 amide bonds. The van der Waals surface area contributed by atoms with Crippen molar-refractivity contribution in [1.29, 1.82) is 0 Å². The van der Waals surface area contributed by atoms with E-state index in [2.05, 4.69) is 0 Å². The number of hydrogen-bond donors (Lipinski definition) is 3. The molecule has 16 nitrogen and oxygen atoms in total. The number of hydrogen-bond acceptors (Lipinski definition) is 16. The number of methoxy groups -OCH3 is 1. The summed E-state index contributed by atoms with van der Waals surface area (Å²) in [6.45, 7) is 13.5. The van der Waals surface area contributed by atoms with Crippen LogP contribution in [0.5, 0.6) is 0 Å². The number of aldehydes is 1. The van der Waals surface area contributed by atoms with Crippen molar-refractivity contribution in [2.45, 2.75) is 179 Å². The third-order valence-corrected chi connectivity index (χ3v) is 10.9. The third-order valence-electron chi connectivity index (χ3n) is 10.9. The minimum atomic E-state index is -1.50. The van der Waals surface area contributed by atoms with Gasteiger partial charge in [-0.1, -0.05) is 45.1 Å². The summed E-state index contributed by atoms with van der Waals surface area (Å²) in [7, 11) is 4.86. The van der Waals surface area contributed by atoms with Crippen molar-refractivity contribution >= 4 is 24.2 Å². The first-order valence-electron chi connectivity index (χ1n) is 20.4. The van der Waals surface area contributed by atoms with E-state index in [-0.39, 0.29) is 31.6 Å². The number of cyclic esters (lactones) is 1. The number of aliphatic hydroxyl groups excluding tert-OH is 2. The molecular weight excluding hydrogens is 758 g/mol. The van der Waals surface area contributed by atoms with Crippen molar-refractivity contribution in [3.05, 3.63) is 24.3 Å². The highest BCUT2D eigenvalue weighted by molar-refractivity contribution is 5.72. The van der Waals surface area contributed by atoms with E-state index in [1.54, 1.807) is 71.0 Å². The van der Waals surface area contributed by atoms with Crippen molar-refractivity contribution in [2.75, 3.05) is 21.2 Å². The van der Waals surface area contributed by atoms with E-state index < -0.39 is 121 Å². The molecule has 3 rings (SSSR count). The molecule has 0 aliphatic carbocycles. The van der Waals surface area contributed by atoms with Crippen LogP contribution in [0.4, 0.5) is 0 Å². The SMILES string of the molecule is COC1C(OC(C)=O)CC(=O)OC(C)C/C=C/C=C\C(O)C(C)CC(CC=O)C1OC1OC(C)C(OC2CC(C)(O)C(OC(=O)CC(C)C)C(C)O2)C(N(C)C)C1O. The Balaban J connectivity index is 1.98. The number of carbonyl (C=O) groups excluding carboxylic acids is 4. The second kappa shape index (κ2) is 22.7. The normalized spacial score (nSPS) is 40.7. The lowest BCUT2D eigenvalue weighted by atomic mass is 9.82. The van der Waals surface area contributed by atoms with Gasteiger partial charge in [0, 0.05) is 39.7 Å². The van der Waals surface area contributed by atoms with Crippen LogP contribution in [-0.2, 0) is 57.1 Å². The average molecular weight is 828 g/mol. The van der Waals surface area contributed by atoms with E-state index in [0.717, 1.165) is 0 Å². The topological polar surface area (TPSA) is 206 Å². The number of ether oxygens (including phenoxy) is 8. The quantitative estimate of drug-likeness (QED) is 0.147. The Labute approximate surface area is 343 Å². The molecule has 0 bridgehead atoms. The zero-order valence-electron chi connectivity index (χ0n) is 36.1. The Morgan fingerprint density at radius 1 is 1.02 bits per heavy atom. The van der Waals surface area contributed by atoms with E-state index in [4.69, 9.17) is 37.9 Å². The number of allylic oxidation sites excluding steroid dienone is 2. The predicted molar refractivity (Wildman–Crippen MR) is 210 cm³/mol. The molecule has 0 aromatic rings. The Bertz CT molecular complexity index is 1390. The van der Waals surface area contributed by atoms with Crippen molar-refractivity contribution in [2.24, 2.45) is 17.8 Å². The molecule has 0 aromatic heterocycles. The van der Waals surface area contributed by atoms with Crippen LogP contribution in [0.15, 0.2) is 24.3 Å². The molecule has 3 aliphatic rings. The van der Waals surface area contributed by atoms with Crippen molar-refractivity contribution < 1.29 is 72.4 Å². The van der Waals surface area contributed by atoms with Gasteiger partial charge in [-0.15, -0.1) is 0 Å². The van der Waals surface area contributed by atoms with Gasteiger partial charge in [0.2, 0.25) is 0 Å². The fraction of sp³-hybridized carbons (Fsp3) is 0.810. The number of esters is 3. The maximum absolute atomic E-state index is 13.2. The summed E-state index contributed by atoms with van der Waals surface area (Å²) in [5.74, 6) is -2.82. The summed E-state index contributed by atoms with van der Waals surface area (Å²) >= 11 is 0. The number of aliphatic hydroxyl groups is 3. The van der Waals surface area contributed by atoms with Gasteiger partial charge in [0.25, 0.3) is 0 Å². The van der Waals surface area contributed by atoms with Crippen LogP contribution in [0.3, 0.4) is 0 Å². The summed E-state index contributed by atoms with van der Waals surface area (Å²) in [6, 6.07) is -0.782. The zero-order valence-corrected chi connectivity index (χ0v) is 36.1. The van der Waals surface area contributed by atoms with Crippen LogP contribution in [0.2, 0.25) is 0 Å². The Morgan fingerprint density at radius 2 is 1.71 bits per heavy atom. The minimum Gasteiger partial charge on any atom is -0.462 e. The monoisotopic (exact) mass is 827 g/mol. The minimum absolute atomic E-state index is 0.0460. The fourth-order valence-electron chi connectivity index (χ4n) is 8.08. The maximum Gasteiger partial charge on any atom is 0.309 e. The predicted octanol–water partition coefficient (Wildman–Crippen LogP) is 3.01. The van der Waals surface area contributed by atoms with E-state index in [1.807, 2.05) is 20.8 Å². The van der Waals surface area contributed by atoms with Gasteiger partial charge in [-0.2, -0.15) is 0 Å². The number of carbonyl (C=O) groups is 4. The Hall–Kier alpha value is -2.80. The summed E-state index contributed by atoms with van der Waals surface area (Å²) in [5.41, 5.74) is -1.50. The van der Waals surface area contributed by atoms with Crippen molar-refractivity contribution in [3.8, 4) is 0 Å². The lowest BCUT2D eigenvalue weighted by Crippen LogP contribution is -2.66. The van der Waals surface area contributed by atoms with Gasteiger partial charge in [0.05, 0.1) is 36.9 Å². The average Bonchev–Trinajstić information content (AvgIpc) is 3.09. The summed E-state index contributed by atoms with van der Waals surface area (Å²) in [5, 5.41) is 34.6. The molecule has 3 heterocycles. The van der Waals surface area contributed by atoms with Crippen LogP contribution in [0, 0.1) is 17.8 Å². The van der Waals surface area contributed by atoms with Gasteiger partial charge in [-0.05, 0) is 66.0 Å². The highest BCUT2D eigenvalue weighted by Gasteiger charge is 2.53. The van der Waals surface area contributed by atoms with E-state index in [9.17, 15) is 34.5 Å². The molecule has 2 saturated heterocycles. The molecule has 16 heteroatoms. The van der Waals surface area contributed by atoms with Gasteiger partial charge in [0.15, 0.2) is 18.7 Å².